The smallest absolute Gasteiger partial charge is 0.407 e. The molecule has 1 aliphatic rings. The summed E-state index contributed by atoms with van der Waals surface area (Å²) >= 11 is 5.97. The molecule has 0 saturated carbocycles. The Kier molecular flexibility index (Phi) is 3.24. The van der Waals surface area contributed by atoms with Crippen molar-refractivity contribution in [3.05, 3.63) is 29.0 Å². The van der Waals surface area contributed by atoms with E-state index in [1.165, 1.54) is 18.2 Å². The van der Waals surface area contributed by atoms with Gasteiger partial charge in [0, 0.05) is 29.1 Å². The fourth-order valence-corrected chi connectivity index (χ4v) is 1.77. The van der Waals surface area contributed by atoms with Crippen LogP contribution in [-0.4, -0.2) is 20.3 Å². The molecule has 0 N–H and O–H groups in total. The van der Waals surface area contributed by atoms with Crippen LogP contribution in [0.15, 0.2) is 18.2 Å². The van der Waals surface area contributed by atoms with E-state index in [-0.39, 0.29) is 11.2 Å². The predicted molar refractivity (Wildman–Crippen MR) is 62.5 cm³/mol. The first kappa shape index (κ1) is 11.9. The highest BCUT2D eigenvalue weighted by atomic mass is 35.5. The lowest BCUT2D eigenvalue weighted by Crippen LogP contribution is -2.47. The average Bonchev–Trinajstić information content (AvgIpc) is 2.22. The molecule has 5 heteroatoms. The van der Waals surface area contributed by atoms with Crippen molar-refractivity contribution in [1.82, 2.24) is 0 Å². The Bertz CT molecular complexity index is 388. The molecule has 0 amide bonds. The van der Waals surface area contributed by atoms with Crippen LogP contribution in [0.5, 0.6) is 0 Å². The molecule has 0 radical (unpaired) electrons. The molecule has 1 aromatic rings. The quantitative estimate of drug-likeness (QED) is 0.703. The van der Waals surface area contributed by atoms with Crippen LogP contribution in [0.1, 0.15) is 13.8 Å². The van der Waals surface area contributed by atoms with Gasteiger partial charge in [0.25, 0.3) is 0 Å². The molecular formula is C11H13BClFO2. The van der Waals surface area contributed by atoms with Gasteiger partial charge in [-0.2, -0.15) is 0 Å². The van der Waals surface area contributed by atoms with E-state index in [1.54, 1.807) is 0 Å². The van der Waals surface area contributed by atoms with Crippen molar-refractivity contribution in [2.45, 2.75) is 13.8 Å². The largest absolute Gasteiger partial charge is 0.495 e. The van der Waals surface area contributed by atoms with Gasteiger partial charge in [0.05, 0.1) is 0 Å². The third-order valence-electron chi connectivity index (χ3n) is 2.46. The summed E-state index contributed by atoms with van der Waals surface area (Å²) in [4.78, 5) is 0. The molecule has 16 heavy (non-hydrogen) atoms. The summed E-state index contributed by atoms with van der Waals surface area (Å²) in [6.45, 7) is 5.25. The highest BCUT2D eigenvalue weighted by molar-refractivity contribution is 6.65. The average molecular weight is 242 g/mol. The van der Waals surface area contributed by atoms with E-state index < -0.39 is 7.12 Å². The monoisotopic (exact) mass is 242 g/mol. The van der Waals surface area contributed by atoms with Crippen molar-refractivity contribution >= 4 is 24.2 Å². The maximum atomic E-state index is 13.1. The van der Waals surface area contributed by atoms with E-state index in [2.05, 4.69) is 13.8 Å². The van der Waals surface area contributed by atoms with Crippen LogP contribution in [0, 0.1) is 11.2 Å². The van der Waals surface area contributed by atoms with Crippen molar-refractivity contribution < 1.29 is 13.7 Å². The molecule has 1 heterocycles. The first-order chi connectivity index (χ1) is 7.48. The lowest BCUT2D eigenvalue weighted by molar-refractivity contribution is 0.0343. The van der Waals surface area contributed by atoms with Crippen LogP contribution in [-0.2, 0) is 9.31 Å². The molecule has 0 atom stereocenters. The summed E-state index contributed by atoms with van der Waals surface area (Å²) in [7, 11) is -0.559. The number of benzene rings is 1. The van der Waals surface area contributed by atoms with Crippen LogP contribution in [0.25, 0.3) is 0 Å². The summed E-state index contributed by atoms with van der Waals surface area (Å²) < 4.78 is 24.2. The zero-order valence-corrected chi connectivity index (χ0v) is 10.1. The van der Waals surface area contributed by atoms with Crippen molar-refractivity contribution in [2.24, 2.45) is 5.41 Å². The van der Waals surface area contributed by atoms with Gasteiger partial charge in [0.1, 0.15) is 5.82 Å². The predicted octanol–water partition coefficient (Wildman–Crippen LogP) is 2.25. The fourth-order valence-electron chi connectivity index (χ4n) is 1.57. The summed E-state index contributed by atoms with van der Waals surface area (Å²) in [6.07, 6.45) is 0. The highest BCUT2D eigenvalue weighted by Gasteiger charge is 2.34. The van der Waals surface area contributed by atoms with E-state index >= 15 is 0 Å². The Balaban J connectivity index is 2.17. The Morgan fingerprint density at radius 1 is 1.31 bits per heavy atom. The van der Waals surface area contributed by atoms with E-state index in [0.29, 0.717) is 23.7 Å². The molecule has 0 aliphatic carbocycles. The Morgan fingerprint density at radius 3 is 2.56 bits per heavy atom. The van der Waals surface area contributed by atoms with Gasteiger partial charge in [0.2, 0.25) is 0 Å². The van der Waals surface area contributed by atoms with Crippen molar-refractivity contribution in [3.8, 4) is 0 Å². The van der Waals surface area contributed by atoms with Gasteiger partial charge >= 0.3 is 7.12 Å². The molecule has 2 nitrogen and oxygen atoms in total. The van der Waals surface area contributed by atoms with Gasteiger partial charge < -0.3 is 9.31 Å². The maximum absolute atomic E-state index is 13.1. The van der Waals surface area contributed by atoms with E-state index in [0.717, 1.165) is 0 Å². The van der Waals surface area contributed by atoms with Gasteiger partial charge in [-0.15, -0.1) is 0 Å². The van der Waals surface area contributed by atoms with E-state index in [1.807, 2.05) is 0 Å². The highest BCUT2D eigenvalue weighted by Crippen LogP contribution is 2.22. The number of hydrogen-bond acceptors (Lipinski definition) is 2. The standard InChI is InChI=1S/C11H13BClFO2/c1-11(2)6-15-12(16-7-11)9-5-8(14)3-4-10(9)13/h3-5H,6-7H2,1-2H3. The Hall–Kier alpha value is -0.575. The molecule has 2 rings (SSSR count). The molecule has 0 unspecified atom stereocenters. The number of halogens is 2. The summed E-state index contributed by atoms with van der Waals surface area (Å²) in [6, 6.07) is 4.18. The van der Waals surface area contributed by atoms with Crippen LogP contribution in [0.3, 0.4) is 0 Å². The normalized spacial score (nSPS) is 19.9. The molecule has 1 saturated heterocycles. The van der Waals surface area contributed by atoms with Crippen molar-refractivity contribution in [3.63, 3.8) is 0 Å². The molecule has 1 aromatic carbocycles. The molecule has 0 spiro atoms. The second-order valence-electron chi connectivity index (χ2n) is 4.78. The van der Waals surface area contributed by atoms with E-state index in [4.69, 9.17) is 20.9 Å². The number of hydrogen-bond donors (Lipinski definition) is 0. The van der Waals surface area contributed by atoms with Crippen LogP contribution >= 0.6 is 11.6 Å². The topological polar surface area (TPSA) is 18.5 Å². The van der Waals surface area contributed by atoms with Gasteiger partial charge in [-0.1, -0.05) is 25.4 Å². The first-order valence-corrected chi connectivity index (χ1v) is 5.54. The van der Waals surface area contributed by atoms with Crippen molar-refractivity contribution in [2.75, 3.05) is 13.2 Å². The second kappa shape index (κ2) is 4.36. The fraction of sp³-hybridized carbons (Fsp3) is 0.455. The minimum absolute atomic E-state index is 0.00367. The molecular weight excluding hydrogens is 229 g/mol. The molecule has 86 valence electrons. The molecule has 0 aromatic heterocycles. The Morgan fingerprint density at radius 2 is 1.94 bits per heavy atom. The summed E-state index contributed by atoms with van der Waals surface area (Å²) in [5.74, 6) is -0.337. The zero-order chi connectivity index (χ0) is 11.8. The van der Waals surface area contributed by atoms with Gasteiger partial charge in [-0.3, -0.25) is 0 Å². The minimum Gasteiger partial charge on any atom is -0.407 e. The lowest BCUT2D eigenvalue weighted by atomic mass is 9.76. The zero-order valence-electron chi connectivity index (χ0n) is 9.30. The van der Waals surface area contributed by atoms with Crippen molar-refractivity contribution in [1.29, 1.82) is 0 Å². The SMILES string of the molecule is CC1(C)COB(c2cc(F)ccc2Cl)OC1. The van der Waals surface area contributed by atoms with Crippen LogP contribution in [0.2, 0.25) is 5.02 Å². The molecule has 1 aliphatic heterocycles. The van der Waals surface area contributed by atoms with Crippen LogP contribution < -0.4 is 5.46 Å². The van der Waals surface area contributed by atoms with Gasteiger partial charge in [-0.25, -0.2) is 4.39 Å². The molecule has 0 bridgehead atoms. The lowest BCUT2D eigenvalue weighted by Gasteiger charge is -2.33. The minimum atomic E-state index is -0.559. The maximum Gasteiger partial charge on any atom is 0.495 e. The van der Waals surface area contributed by atoms with Gasteiger partial charge in [0.15, 0.2) is 0 Å². The number of rotatable bonds is 1. The summed E-state index contributed by atoms with van der Waals surface area (Å²) in [5, 5.41) is 0.464. The molecule has 1 fully saturated rings. The summed E-state index contributed by atoms with van der Waals surface area (Å²) in [5.41, 5.74) is 0.549. The second-order valence-corrected chi connectivity index (χ2v) is 5.19. The third-order valence-corrected chi connectivity index (χ3v) is 2.81. The Labute approximate surface area is 99.8 Å². The van der Waals surface area contributed by atoms with Crippen LogP contribution in [0.4, 0.5) is 4.39 Å². The first-order valence-electron chi connectivity index (χ1n) is 5.16. The van der Waals surface area contributed by atoms with Gasteiger partial charge in [-0.05, 0) is 18.2 Å². The third kappa shape index (κ3) is 2.57. The van der Waals surface area contributed by atoms with E-state index in [9.17, 15) is 4.39 Å².